The van der Waals surface area contributed by atoms with Crippen LogP contribution in [0.2, 0.25) is 0 Å². The fourth-order valence-corrected chi connectivity index (χ4v) is 3.08. The first-order valence-corrected chi connectivity index (χ1v) is 7.29. The van der Waals surface area contributed by atoms with Crippen molar-refractivity contribution in [3.8, 4) is 0 Å². The van der Waals surface area contributed by atoms with Gasteiger partial charge in [-0.2, -0.15) is 0 Å². The molecule has 0 aromatic heterocycles. The van der Waals surface area contributed by atoms with Crippen LogP contribution in [0.1, 0.15) is 43.4 Å². The first-order valence-electron chi connectivity index (χ1n) is 7.29. The Morgan fingerprint density at radius 2 is 1.89 bits per heavy atom. The molecule has 1 N–H and O–H groups in total. The smallest absolute Gasteiger partial charge is 0.0734 e. The van der Waals surface area contributed by atoms with Gasteiger partial charge in [0.25, 0.3) is 0 Å². The standard InChI is InChI=1S/C17H26O2/c1-12(2)16-11-17(18,5-6-19-16)10-15-8-13(3)7-14(4)9-15/h7-9,12,16,18H,5-6,10-11H2,1-4H3. The molecule has 0 aliphatic carbocycles. The van der Waals surface area contributed by atoms with E-state index in [2.05, 4.69) is 45.9 Å². The second kappa shape index (κ2) is 5.64. The highest BCUT2D eigenvalue weighted by atomic mass is 16.5. The molecular formula is C17H26O2. The summed E-state index contributed by atoms with van der Waals surface area (Å²) in [7, 11) is 0. The third-order valence-corrected chi connectivity index (χ3v) is 4.04. The van der Waals surface area contributed by atoms with Crippen LogP contribution in [0.15, 0.2) is 18.2 Å². The minimum atomic E-state index is -0.604. The molecule has 2 rings (SSSR count). The van der Waals surface area contributed by atoms with Crippen molar-refractivity contribution in [2.45, 2.75) is 58.7 Å². The number of benzene rings is 1. The predicted molar refractivity (Wildman–Crippen MR) is 78.4 cm³/mol. The Morgan fingerprint density at radius 3 is 2.47 bits per heavy atom. The van der Waals surface area contributed by atoms with Crippen LogP contribution >= 0.6 is 0 Å². The third kappa shape index (κ3) is 3.80. The Kier molecular flexibility index (Phi) is 4.32. The van der Waals surface area contributed by atoms with Gasteiger partial charge in [-0.05, 0) is 31.7 Å². The van der Waals surface area contributed by atoms with Gasteiger partial charge in [0.2, 0.25) is 0 Å². The van der Waals surface area contributed by atoms with E-state index in [1.807, 2.05) is 0 Å². The number of hydrogen-bond donors (Lipinski definition) is 1. The lowest BCUT2D eigenvalue weighted by atomic mass is 9.81. The van der Waals surface area contributed by atoms with Crippen LogP contribution < -0.4 is 0 Å². The molecule has 2 unspecified atom stereocenters. The van der Waals surface area contributed by atoms with Crippen molar-refractivity contribution in [3.63, 3.8) is 0 Å². The van der Waals surface area contributed by atoms with Gasteiger partial charge in [-0.1, -0.05) is 43.2 Å². The van der Waals surface area contributed by atoms with Crippen LogP contribution in [-0.4, -0.2) is 23.4 Å². The first-order chi connectivity index (χ1) is 8.88. The summed E-state index contributed by atoms with van der Waals surface area (Å²) >= 11 is 0. The van der Waals surface area contributed by atoms with Crippen LogP contribution in [-0.2, 0) is 11.2 Å². The van der Waals surface area contributed by atoms with Gasteiger partial charge < -0.3 is 9.84 Å². The zero-order valence-corrected chi connectivity index (χ0v) is 12.6. The fourth-order valence-electron chi connectivity index (χ4n) is 3.08. The molecule has 2 atom stereocenters. The molecule has 0 radical (unpaired) electrons. The SMILES string of the molecule is Cc1cc(C)cc(CC2(O)CCOC(C(C)C)C2)c1. The molecule has 1 aliphatic heterocycles. The van der Waals surface area contributed by atoms with E-state index in [1.165, 1.54) is 16.7 Å². The van der Waals surface area contributed by atoms with Gasteiger partial charge in [-0.3, -0.25) is 0 Å². The van der Waals surface area contributed by atoms with E-state index >= 15 is 0 Å². The Balaban J connectivity index is 2.12. The Bertz CT molecular complexity index is 419. The van der Waals surface area contributed by atoms with E-state index in [-0.39, 0.29) is 6.10 Å². The second-order valence-electron chi connectivity index (χ2n) is 6.50. The van der Waals surface area contributed by atoms with Crippen molar-refractivity contribution in [1.82, 2.24) is 0 Å². The lowest BCUT2D eigenvalue weighted by Gasteiger charge is -2.38. The van der Waals surface area contributed by atoms with Crippen molar-refractivity contribution in [3.05, 3.63) is 34.9 Å². The van der Waals surface area contributed by atoms with Crippen LogP contribution in [0.5, 0.6) is 0 Å². The summed E-state index contributed by atoms with van der Waals surface area (Å²) in [6.45, 7) is 9.22. The summed E-state index contributed by atoms with van der Waals surface area (Å²) in [5, 5.41) is 10.8. The highest BCUT2D eigenvalue weighted by Crippen LogP contribution is 2.31. The van der Waals surface area contributed by atoms with Crippen molar-refractivity contribution >= 4 is 0 Å². The molecule has 2 heteroatoms. The predicted octanol–water partition coefficient (Wildman–Crippen LogP) is 3.41. The number of hydrogen-bond acceptors (Lipinski definition) is 2. The Morgan fingerprint density at radius 1 is 1.26 bits per heavy atom. The molecule has 1 aliphatic rings. The monoisotopic (exact) mass is 262 g/mol. The van der Waals surface area contributed by atoms with Gasteiger partial charge in [0, 0.05) is 19.4 Å². The molecule has 19 heavy (non-hydrogen) atoms. The lowest BCUT2D eigenvalue weighted by molar-refractivity contribution is -0.116. The summed E-state index contributed by atoms with van der Waals surface area (Å²) in [4.78, 5) is 0. The number of ether oxygens (including phenoxy) is 1. The zero-order valence-electron chi connectivity index (χ0n) is 12.6. The molecule has 1 aromatic rings. The van der Waals surface area contributed by atoms with Crippen LogP contribution in [0.3, 0.4) is 0 Å². The Labute approximate surface area is 116 Å². The fraction of sp³-hybridized carbons (Fsp3) is 0.647. The number of rotatable bonds is 3. The van der Waals surface area contributed by atoms with E-state index in [1.54, 1.807) is 0 Å². The minimum Gasteiger partial charge on any atom is -0.389 e. The van der Waals surface area contributed by atoms with E-state index in [0.717, 1.165) is 19.3 Å². The number of aryl methyl sites for hydroxylation is 2. The second-order valence-corrected chi connectivity index (χ2v) is 6.50. The van der Waals surface area contributed by atoms with Crippen LogP contribution in [0.25, 0.3) is 0 Å². The minimum absolute atomic E-state index is 0.185. The summed E-state index contributed by atoms with van der Waals surface area (Å²) in [6.07, 6.45) is 2.41. The zero-order chi connectivity index (χ0) is 14.0. The molecule has 0 spiro atoms. The molecule has 0 bridgehead atoms. The van der Waals surface area contributed by atoms with E-state index in [9.17, 15) is 5.11 Å². The molecule has 2 nitrogen and oxygen atoms in total. The third-order valence-electron chi connectivity index (χ3n) is 4.04. The van der Waals surface area contributed by atoms with E-state index < -0.39 is 5.60 Å². The molecule has 1 aromatic carbocycles. The quantitative estimate of drug-likeness (QED) is 0.904. The largest absolute Gasteiger partial charge is 0.389 e. The topological polar surface area (TPSA) is 29.5 Å². The molecule has 106 valence electrons. The highest BCUT2D eigenvalue weighted by molar-refractivity contribution is 5.29. The summed E-state index contributed by atoms with van der Waals surface area (Å²) in [5.41, 5.74) is 3.18. The van der Waals surface area contributed by atoms with Gasteiger partial charge in [-0.25, -0.2) is 0 Å². The highest BCUT2D eigenvalue weighted by Gasteiger charge is 2.36. The normalized spacial score (nSPS) is 27.8. The molecule has 1 heterocycles. The van der Waals surface area contributed by atoms with Crippen molar-refractivity contribution < 1.29 is 9.84 Å². The van der Waals surface area contributed by atoms with Crippen molar-refractivity contribution in [2.75, 3.05) is 6.61 Å². The molecule has 0 amide bonds. The number of aliphatic hydroxyl groups is 1. The summed E-state index contributed by atoms with van der Waals surface area (Å²) in [5.74, 6) is 0.464. The van der Waals surface area contributed by atoms with Crippen molar-refractivity contribution in [2.24, 2.45) is 5.92 Å². The van der Waals surface area contributed by atoms with Gasteiger partial charge in [0.1, 0.15) is 0 Å². The average Bonchev–Trinajstić information content (AvgIpc) is 2.26. The summed E-state index contributed by atoms with van der Waals surface area (Å²) < 4.78 is 5.76. The van der Waals surface area contributed by atoms with E-state index in [0.29, 0.717) is 12.5 Å². The van der Waals surface area contributed by atoms with Gasteiger partial charge in [0.15, 0.2) is 0 Å². The average molecular weight is 262 g/mol. The first kappa shape index (κ1) is 14.5. The molecule has 1 fully saturated rings. The summed E-state index contributed by atoms with van der Waals surface area (Å²) in [6, 6.07) is 6.55. The molecule has 0 saturated carbocycles. The maximum absolute atomic E-state index is 10.8. The lowest BCUT2D eigenvalue weighted by Crippen LogP contribution is -2.44. The molecule has 1 saturated heterocycles. The van der Waals surface area contributed by atoms with Crippen LogP contribution in [0, 0.1) is 19.8 Å². The Hall–Kier alpha value is -0.860. The van der Waals surface area contributed by atoms with Gasteiger partial charge >= 0.3 is 0 Å². The maximum Gasteiger partial charge on any atom is 0.0734 e. The van der Waals surface area contributed by atoms with Crippen molar-refractivity contribution in [1.29, 1.82) is 0 Å². The van der Waals surface area contributed by atoms with Crippen LogP contribution in [0.4, 0.5) is 0 Å². The molecular weight excluding hydrogens is 236 g/mol. The van der Waals surface area contributed by atoms with Gasteiger partial charge in [0.05, 0.1) is 11.7 Å². The maximum atomic E-state index is 10.8. The van der Waals surface area contributed by atoms with Gasteiger partial charge in [-0.15, -0.1) is 0 Å². The van der Waals surface area contributed by atoms with E-state index in [4.69, 9.17) is 4.74 Å².